The molecule has 2 aliphatic rings. The van der Waals surface area contributed by atoms with Crippen LogP contribution >= 0.6 is 11.8 Å². The van der Waals surface area contributed by atoms with Crippen LogP contribution in [0.3, 0.4) is 0 Å². The Balaban J connectivity index is 1.83. The number of hydrogen-bond donors (Lipinski definition) is 1. The number of likely N-dealkylation sites (tertiary alicyclic amines) is 1. The fourth-order valence-electron chi connectivity index (χ4n) is 3.15. The summed E-state index contributed by atoms with van der Waals surface area (Å²) in [5.41, 5.74) is 0. The van der Waals surface area contributed by atoms with Gasteiger partial charge in [0.15, 0.2) is 0 Å². The maximum Gasteiger partial charge on any atom is 0.247 e. The van der Waals surface area contributed by atoms with Crippen LogP contribution in [-0.4, -0.2) is 46.8 Å². The van der Waals surface area contributed by atoms with Gasteiger partial charge in [-0.1, -0.05) is 31.6 Å². The smallest absolute Gasteiger partial charge is 0.247 e. The normalized spacial score (nSPS) is 24.1. The molecule has 2 amide bonds. The van der Waals surface area contributed by atoms with Gasteiger partial charge >= 0.3 is 0 Å². The molecular formula is C16H24N2O2S. The highest BCUT2D eigenvalue weighted by Gasteiger charge is 2.41. The van der Waals surface area contributed by atoms with E-state index < -0.39 is 0 Å². The van der Waals surface area contributed by atoms with Crippen molar-refractivity contribution in [2.75, 3.05) is 18.1 Å². The summed E-state index contributed by atoms with van der Waals surface area (Å²) in [5.74, 6) is 4.11. The molecule has 1 saturated heterocycles. The van der Waals surface area contributed by atoms with Crippen molar-refractivity contribution >= 4 is 23.6 Å². The zero-order valence-electron chi connectivity index (χ0n) is 12.5. The molecular weight excluding hydrogens is 284 g/mol. The second kappa shape index (κ2) is 8.45. The zero-order chi connectivity index (χ0) is 15.1. The van der Waals surface area contributed by atoms with E-state index in [1.54, 1.807) is 16.7 Å². The first-order chi connectivity index (χ1) is 10.2. The predicted octanol–water partition coefficient (Wildman–Crippen LogP) is 1.79. The van der Waals surface area contributed by atoms with Crippen LogP contribution in [0, 0.1) is 12.3 Å². The molecule has 0 aromatic heterocycles. The zero-order valence-corrected chi connectivity index (χ0v) is 13.3. The number of nitrogens with one attached hydrogen (secondary N) is 1. The van der Waals surface area contributed by atoms with Crippen molar-refractivity contribution in [1.82, 2.24) is 10.2 Å². The largest absolute Gasteiger partial charge is 0.305 e. The van der Waals surface area contributed by atoms with E-state index in [2.05, 4.69) is 11.2 Å². The van der Waals surface area contributed by atoms with Gasteiger partial charge in [0, 0.05) is 18.3 Å². The van der Waals surface area contributed by atoms with Crippen molar-refractivity contribution in [2.45, 2.75) is 57.0 Å². The lowest BCUT2D eigenvalue weighted by atomic mass is 10.1. The van der Waals surface area contributed by atoms with Crippen LogP contribution in [0.1, 0.15) is 44.9 Å². The van der Waals surface area contributed by atoms with Crippen molar-refractivity contribution in [3.8, 4) is 12.3 Å². The summed E-state index contributed by atoms with van der Waals surface area (Å²) in [6.07, 6.45) is 12.2. The van der Waals surface area contributed by atoms with Crippen LogP contribution in [0.4, 0.5) is 0 Å². The minimum absolute atomic E-state index is 0.000628. The number of thioether (sulfide) groups is 1. The molecule has 1 unspecified atom stereocenters. The summed E-state index contributed by atoms with van der Waals surface area (Å²) in [7, 11) is 0. The van der Waals surface area contributed by atoms with E-state index in [1.807, 2.05) is 0 Å². The van der Waals surface area contributed by atoms with Gasteiger partial charge in [0.1, 0.15) is 0 Å². The molecule has 1 N–H and O–H groups in total. The van der Waals surface area contributed by atoms with Gasteiger partial charge < -0.3 is 5.32 Å². The minimum atomic E-state index is -0.327. The van der Waals surface area contributed by atoms with E-state index in [9.17, 15) is 9.59 Å². The molecule has 0 aromatic carbocycles. The molecule has 0 spiro atoms. The summed E-state index contributed by atoms with van der Waals surface area (Å²) in [6, 6.07) is -0.192. The fraction of sp³-hybridized carbons (Fsp3) is 0.750. The van der Waals surface area contributed by atoms with Gasteiger partial charge in [0.05, 0.1) is 18.2 Å². The molecule has 0 aromatic rings. The monoisotopic (exact) mass is 308 g/mol. The van der Waals surface area contributed by atoms with E-state index in [-0.39, 0.29) is 23.9 Å². The maximum absolute atomic E-state index is 12.5. The third-order valence-corrected chi connectivity index (χ3v) is 5.06. The Hall–Kier alpha value is -0.990. The molecule has 1 saturated carbocycles. The first-order valence-electron chi connectivity index (χ1n) is 7.84. The second-order valence-electron chi connectivity index (χ2n) is 5.71. The Morgan fingerprint density at radius 3 is 2.62 bits per heavy atom. The maximum atomic E-state index is 12.5. The molecule has 116 valence electrons. The number of terminal acetylenes is 1. The van der Waals surface area contributed by atoms with E-state index in [0.29, 0.717) is 18.7 Å². The van der Waals surface area contributed by atoms with Crippen LogP contribution in [0.25, 0.3) is 0 Å². The summed E-state index contributed by atoms with van der Waals surface area (Å²) in [5, 5.41) is 3.20. The first-order valence-corrected chi connectivity index (χ1v) is 9.00. The van der Waals surface area contributed by atoms with Gasteiger partial charge in [-0.25, -0.2) is 0 Å². The number of imide groups is 1. The van der Waals surface area contributed by atoms with Crippen molar-refractivity contribution < 1.29 is 9.59 Å². The predicted molar refractivity (Wildman–Crippen MR) is 85.9 cm³/mol. The molecule has 2 fully saturated rings. The third kappa shape index (κ3) is 4.49. The van der Waals surface area contributed by atoms with Crippen molar-refractivity contribution in [3.63, 3.8) is 0 Å². The molecule has 0 bridgehead atoms. The van der Waals surface area contributed by atoms with Gasteiger partial charge in [-0.05, 0) is 12.8 Å². The molecule has 21 heavy (non-hydrogen) atoms. The lowest BCUT2D eigenvalue weighted by Crippen LogP contribution is -2.44. The molecule has 1 aliphatic carbocycles. The number of carbonyl (C=O) groups is 2. The summed E-state index contributed by atoms with van der Waals surface area (Å²) >= 11 is 1.66. The summed E-state index contributed by atoms with van der Waals surface area (Å²) in [4.78, 5) is 26.2. The van der Waals surface area contributed by atoms with Crippen LogP contribution < -0.4 is 5.32 Å². The minimum Gasteiger partial charge on any atom is -0.305 e. The average Bonchev–Trinajstić information content (AvgIpc) is 2.67. The molecule has 4 nitrogen and oxygen atoms in total. The van der Waals surface area contributed by atoms with E-state index >= 15 is 0 Å². The van der Waals surface area contributed by atoms with Crippen molar-refractivity contribution in [1.29, 1.82) is 0 Å². The highest BCUT2D eigenvalue weighted by Crippen LogP contribution is 2.26. The van der Waals surface area contributed by atoms with E-state index in [4.69, 9.17) is 6.42 Å². The number of rotatable bonds is 6. The number of hydrogen-bond acceptors (Lipinski definition) is 4. The van der Waals surface area contributed by atoms with E-state index in [0.717, 1.165) is 31.4 Å². The number of nitrogens with zero attached hydrogens (tertiary/aromatic N) is 1. The lowest BCUT2D eigenvalue weighted by molar-refractivity contribution is -0.141. The fourth-order valence-corrected chi connectivity index (χ4v) is 3.67. The quantitative estimate of drug-likeness (QED) is 0.352. The van der Waals surface area contributed by atoms with Crippen LogP contribution in [0.5, 0.6) is 0 Å². The molecule has 1 atom stereocenters. The van der Waals surface area contributed by atoms with Gasteiger partial charge in [0.2, 0.25) is 11.8 Å². The van der Waals surface area contributed by atoms with Gasteiger partial charge in [-0.2, -0.15) is 0 Å². The van der Waals surface area contributed by atoms with Gasteiger partial charge in [0.25, 0.3) is 0 Å². The summed E-state index contributed by atoms with van der Waals surface area (Å²) < 4.78 is 0. The van der Waals surface area contributed by atoms with Crippen molar-refractivity contribution in [2.24, 2.45) is 0 Å². The third-order valence-electron chi connectivity index (χ3n) is 4.20. The standard InChI is InChI=1S/C16H24N2O2S/c1-2-10-21-11-9-17-14-12-15(19)18(16(14)20)13-7-5-3-4-6-8-13/h1,13-14,17H,3-12H2. The molecule has 1 heterocycles. The highest BCUT2D eigenvalue weighted by atomic mass is 32.2. The molecule has 1 aliphatic heterocycles. The molecule has 5 heteroatoms. The topological polar surface area (TPSA) is 49.4 Å². The van der Waals surface area contributed by atoms with Gasteiger partial charge in [-0.15, -0.1) is 18.2 Å². The second-order valence-corrected chi connectivity index (χ2v) is 6.82. The van der Waals surface area contributed by atoms with Crippen molar-refractivity contribution in [3.05, 3.63) is 0 Å². The molecule has 2 rings (SSSR count). The Bertz CT molecular complexity index is 411. The lowest BCUT2D eigenvalue weighted by Gasteiger charge is -2.25. The van der Waals surface area contributed by atoms with Crippen LogP contribution in [0.2, 0.25) is 0 Å². The summed E-state index contributed by atoms with van der Waals surface area (Å²) in [6.45, 7) is 0.717. The number of amides is 2. The van der Waals surface area contributed by atoms with Gasteiger partial charge in [-0.3, -0.25) is 14.5 Å². The molecule has 0 radical (unpaired) electrons. The first kappa shape index (κ1) is 16.4. The van der Waals surface area contributed by atoms with Crippen LogP contribution in [0.15, 0.2) is 0 Å². The number of carbonyl (C=O) groups excluding carboxylic acids is 2. The SMILES string of the molecule is C#CCSCCNC1CC(=O)N(C2CCCCCC2)C1=O. The Morgan fingerprint density at radius 1 is 1.24 bits per heavy atom. The highest BCUT2D eigenvalue weighted by molar-refractivity contribution is 7.99. The Labute approximate surface area is 131 Å². The Kier molecular flexibility index (Phi) is 6.59. The van der Waals surface area contributed by atoms with E-state index in [1.165, 1.54) is 12.8 Å². The average molecular weight is 308 g/mol. The Morgan fingerprint density at radius 2 is 1.95 bits per heavy atom. The van der Waals surface area contributed by atoms with Crippen LogP contribution in [-0.2, 0) is 9.59 Å².